The van der Waals surface area contributed by atoms with Crippen molar-refractivity contribution < 1.29 is 9.47 Å². The molecule has 0 aliphatic heterocycles. The fourth-order valence-electron chi connectivity index (χ4n) is 3.05. The van der Waals surface area contributed by atoms with Gasteiger partial charge in [0.05, 0.1) is 19.3 Å². The third kappa shape index (κ3) is 8.04. The van der Waals surface area contributed by atoms with Crippen LogP contribution in [-0.2, 0) is 11.3 Å². The number of hydrogen-bond acceptors (Lipinski definition) is 4. The van der Waals surface area contributed by atoms with Crippen LogP contribution in [0.2, 0.25) is 0 Å². The molecule has 0 bridgehead atoms. The molecular formula is C20H34N4O2. The zero-order chi connectivity index (χ0) is 18.5. The van der Waals surface area contributed by atoms with E-state index >= 15 is 0 Å². The first-order chi connectivity index (χ1) is 12.8. The van der Waals surface area contributed by atoms with Gasteiger partial charge in [0.2, 0.25) is 5.88 Å². The molecule has 1 aromatic rings. The van der Waals surface area contributed by atoms with Gasteiger partial charge in [0.1, 0.15) is 0 Å². The van der Waals surface area contributed by atoms with Crippen molar-refractivity contribution in [2.24, 2.45) is 4.99 Å². The van der Waals surface area contributed by atoms with Crippen molar-refractivity contribution >= 4 is 5.96 Å². The molecule has 26 heavy (non-hydrogen) atoms. The lowest BCUT2D eigenvalue weighted by Gasteiger charge is -2.22. The van der Waals surface area contributed by atoms with Gasteiger partial charge in [-0.3, -0.25) is 0 Å². The molecule has 1 aromatic heterocycles. The number of aliphatic imine (C=N–C) groups is 1. The maximum atomic E-state index is 5.97. The van der Waals surface area contributed by atoms with Crippen LogP contribution in [0.15, 0.2) is 23.3 Å². The third-order valence-electron chi connectivity index (χ3n) is 4.37. The Kier molecular flexibility index (Phi) is 9.87. The molecule has 0 unspecified atom stereocenters. The van der Waals surface area contributed by atoms with Crippen molar-refractivity contribution in [3.63, 3.8) is 0 Å². The van der Waals surface area contributed by atoms with E-state index in [-0.39, 0.29) is 0 Å². The van der Waals surface area contributed by atoms with E-state index in [1.165, 1.54) is 32.1 Å². The molecule has 1 aliphatic carbocycles. The van der Waals surface area contributed by atoms with Gasteiger partial charge in [0.15, 0.2) is 5.96 Å². The van der Waals surface area contributed by atoms with Gasteiger partial charge in [-0.15, -0.1) is 0 Å². The number of hydrogen-bond donors (Lipinski definition) is 2. The van der Waals surface area contributed by atoms with E-state index in [0.717, 1.165) is 37.6 Å². The Hall–Kier alpha value is -1.82. The average Bonchev–Trinajstić information content (AvgIpc) is 2.67. The largest absolute Gasteiger partial charge is 0.478 e. The maximum absolute atomic E-state index is 5.97. The van der Waals surface area contributed by atoms with Crippen molar-refractivity contribution in [3.05, 3.63) is 23.9 Å². The van der Waals surface area contributed by atoms with Crippen molar-refractivity contribution in [2.75, 3.05) is 26.3 Å². The SMILES string of the molecule is CCNC(=NCc1ccnc(OCC)c1)NCCCOC1CCCCC1. The second kappa shape index (κ2) is 12.5. The predicted molar refractivity (Wildman–Crippen MR) is 106 cm³/mol. The van der Waals surface area contributed by atoms with Crippen molar-refractivity contribution in [3.8, 4) is 5.88 Å². The van der Waals surface area contributed by atoms with Crippen LogP contribution in [0, 0.1) is 0 Å². The summed E-state index contributed by atoms with van der Waals surface area (Å²) in [5.41, 5.74) is 1.08. The molecule has 1 fully saturated rings. The van der Waals surface area contributed by atoms with E-state index in [9.17, 15) is 0 Å². The van der Waals surface area contributed by atoms with Crippen molar-refractivity contribution in [1.82, 2.24) is 15.6 Å². The summed E-state index contributed by atoms with van der Waals surface area (Å²) in [7, 11) is 0. The third-order valence-corrected chi connectivity index (χ3v) is 4.37. The van der Waals surface area contributed by atoms with Crippen LogP contribution >= 0.6 is 0 Å². The summed E-state index contributed by atoms with van der Waals surface area (Å²) < 4.78 is 11.4. The second-order valence-corrected chi connectivity index (χ2v) is 6.54. The Morgan fingerprint density at radius 3 is 2.85 bits per heavy atom. The zero-order valence-electron chi connectivity index (χ0n) is 16.3. The van der Waals surface area contributed by atoms with Crippen LogP contribution in [0.25, 0.3) is 0 Å². The smallest absolute Gasteiger partial charge is 0.213 e. The maximum Gasteiger partial charge on any atom is 0.213 e. The van der Waals surface area contributed by atoms with E-state index in [2.05, 4.69) is 27.5 Å². The summed E-state index contributed by atoms with van der Waals surface area (Å²) in [4.78, 5) is 8.83. The number of aromatic nitrogens is 1. The second-order valence-electron chi connectivity index (χ2n) is 6.54. The number of nitrogens with one attached hydrogen (secondary N) is 2. The van der Waals surface area contributed by atoms with Crippen LogP contribution < -0.4 is 15.4 Å². The molecule has 0 radical (unpaired) electrons. The lowest BCUT2D eigenvalue weighted by Crippen LogP contribution is -2.38. The zero-order valence-corrected chi connectivity index (χ0v) is 16.3. The minimum atomic E-state index is 0.483. The quantitative estimate of drug-likeness (QED) is 0.380. The van der Waals surface area contributed by atoms with Crippen LogP contribution in [0.5, 0.6) is 5.88 Å². The van der Waals surface area contributed by atoms with Crippen molar-refractivity contribution in [2.45, 2.75) is 65.0 Å². The summed E-state index contributed by atoms with van der Waals surface area (Å²) in [6.45, 7) is 7.76. The first-order valence-corrected chi connectivity index (χ1v) is 10.0. The monoisotopic (exact) mass is 362 g/mol. The molecular weight excluding hydrogens is 328 g/mol. The van der Waals surface area contributed by atoms with E-state index in [1.807, 2.05) is 19.1 Å². The Labute approximate surface area is 157 Å². The minimum absolute atomic E-state index is 0.483. The van der Waals surface area contributed by atoms with Crippen LogP contribution in [0.3, 0.4) is 0 Å². The molecule has 0 amide bonds. The van der Waals surface area contributed by atoms with Gasteiger partial charge < -0.3 is 20.1 Å². The molecule has 0 spiro atoms. The van der Waals surface area contributed by atoms with Gasteiger partial charge >= 0.3 is 0 Å². The lowest BCUT2D eigenvalue weighted by atomic mass is 9.98. The Balaban J connectivity index is 1.71. The highest BCUT2D eigenvalue weighted by molar-refractivity contribution is 5.79. The topological polar surface area (TPSA) is 67.8 Å². The predicted octanol–water partition coefficient (Wildman–Crippen LogP) is 3.27. The van der Waals surface area contributed by atoms with Gasteiger partial charge in [-0.2, -0.15) is 0 Å². The Bertz CT molecular complexity index is 530. The normalized spacial score (nSPS) is 15.7. The standard InChI is InChI=1S/C20H34N4O2/c1-3-21-20(23-12-8-14-26-18-9-6-5-7-10-18)24-16-17-11-13-22-19(15-17)25-4-2/h11,13,15,18H,3-10,12,14,16H2,1-2H3,(H2,21,23,24). The number of nitrogens with zero attached hydrogens (tertiary/aromatic N) is 2. The Morgan fingerprint density at radius 1 is 1.23 bits per heavy atom. The van der Waals surface area contributed by atoms with Gasteiger partial charge in [0, 0.05) is 32.0 Å². The highest BCUT2D eigenvalue weighted by Crippen LogP contribution is 2.20. The lowest BCUT2D eigenvalue weighted by molar-refractivity contribution is 0.0277. The van der Waals surface area contributed by atoms with Gasteiger partial charge in [0.25, 0.3) is 0 Å². The van der Waals surface area contributed by atoms with Crippen LogP contribution in [-0.4, -0.2) is 43.4 Å². The minimum Gasteiger partial charge on any atom is -0.478 e. The molecule has 1 heterocycles. The van der Waals surface area contributed by atoms with E-state index in [1.54, 1.807) is 6.20 Å². The molecule has 2 rings (SSSR count). The average molecular weight is 363 g/mol. The van der Waals surface area contributed by atoms with Gasteiger partial charge in [-0.1, -0.05) is 19.3 Å². The summed E-state index contributed by atoms with van der Waals surface area (Å²) in [6.07, 6.45) is 9.70. The van der Waals surface area contributed by atoms with Gasteiger partial charge in [-0.25, -0.2) is 9.98 Å². The van der Waals surface area contributed by atoms with E-state index in [4.69, 9.17) is 9.47 Å². The number of ether oxygens (including phenoxy) is 2. The fourth-order valence-corrected chi connectivity index (χ4v) is 3.05. The molecule has 2 N–H and O–H groups in total. The molecule has 1 saturated carbocycles. The Morgan fingerprint density at radius 2 is 2.08 bits per heavy atom. The molecule has 6 heteroatoms. The fraction of sp³-hybridized carbons (Fsp3) is 0.700. The van der Waals surface area contributed by atoms with Crippen molar-refractivity contribution in [1.29, 1.82) is 0 Å². The number of pyridine rings is 1. The van der Waals surface area contributed by atoms with Gasteiger partial charge in [-0.05, 0) is 44.7 Å². The van der Waals surface area contributed by atoms with E-state index < -0.39 is 0 Å². The highest BCUT2D eigenvalue weighted by Gasteiger charge is 2.12. The highest BCUT2D eigenvalue weighted by atomic mass is 16.5. The summed E-state index contributed by atoms with van der Waals surface area (Å²) in [5.74, 6) is 1.48. The first-order valence-electron chi connectivity index (χ1n) is 10.0. The molecule has 0 atom stereocenters. The first kappa shape index (κ1) is 20.5. The molecule has 6 nitrogen and oxygen atoms in total. The van der Waals surface area contributed by atoms with Crippen LogP contribution in [0.4, 0.5) is 0 Å². The van der Waals surface area contributed by atoms with Crippen LogP contribution in [0.1, 0.15) is 57.9 Å². The number of rotatable bonds is 10. The molecule has 0 aromatic carbocycles. The molecule has 1 aliphatic rings. The van der Waals surface area contributed by atoms with E-state index in [0.29, 0.717) is 25.1 Å². The molecule has 0 saturated heterocycles. The number of guanidine groups is 1. The molecule has 146 valence electrons. The summed E-state index contributed by atoms with van der Waals surface area (Å²) >= 11 is 0. The summed E-state index contributed by atoms with van der Waals surface area (Å²) in [6, 6.07) is 3.90. The summed E-state index contributed by atoms with van der Waals surface area (Å²) in [5, 5.41) is 6.66.